The van der Waals surface area contributed by atoms with E-state index in [1.807, 2.05) is 18.5 Å². The fraction of sp³-hybridized carbons (Fsp3) is 0.818. The molecule has 1 aliphatic carbocycles. The maximum Gasteiger partial charge on any atom is 0.146 e. The molecule has 90 valence electrons. The molecule has 2 unspecified atom stereocenters. The Morgan fingerprint density at radius 2 is 2.25 bits per heavy atom. The van der Waals surface area contributed by atoms with Gasteiger partial charge in [0.05, 0.1) is 6.54 Å². The number of aliphatic hydroxyl groups is 1. The topological polar surface area (TPSA) is 63.0 Å². The van der Waals surface area contributed by atoms with Crippen LogP contribution in [0.3, 0.4) is 0 Å². The highest BCUT2D eigenvalue weighted by Gasteiger charge is 2.26. The van der Waals surface area contributed by atoms with E-state index in [4.69, 9.17) is 0 Å². The van der Waals surface area contributed by atoms with Gasteiger partial charge in [0, 0.05) is 19.7 Å². The summed E-state index contributed by atoms with van der Waals surface area (Å²) < 4.78 is 2.00. The zero-order chi connectivity index (χ0) is 11.5. The van der Waals surface area contributed by atoms with Crippen LogP contribution in [0.4, 0.5) is 0 Å². The van der Waals surface area contributed by atoms with Gasteiger partial charge in [-0.2, -0.15) is 0 Å². The quantitative estimate of drug-likeness (QED) is 0.776. The first-order valence-electron chi connectivity index (χ1n) is 5.91. The van der Waals surface area contributed by atoms with Crippen LogP contribution in [-0.4, -0.2) is 32.5 Å². The minimum absolute atomic E-state index is 0.287. The van der Waals surface area contributed by atoms with Gasteiger partial charge in [-0.05, 0) is 25.7 Å². The molecule has 1 aliphatic rings. The van der Waals surface area contributed by atoms with Crippen molar-refractivity contribution in [3.05, 3.63) is 11.6 Å². The van der Waals surface area contributed by atoms with Crippen LogP contribution in [0.15, 0.2) is 0 Å². The first-order valence-corrected chi connectivity index (χ1v) is 5.91. The van der Waals surface area contributed by atoms with E-state index in [0.717, 1.165) is 31.0 Å². The van der Waals surface area contributed by atoms with Crippen LogP contribution in [0.2, 0.25) is 0 Å². The third-order valence-electron chi connectivity index (χ3n) is 3.60. The van der Waals surface area contributed by atoms with Gasteiger partial charge in [0.25, 0.3) is 0 Å². The van der Waals surface area contributed by atoms with Crippen molar-refractivity contribution in [2.45, 2.75) is 38.8 Å². The predicted octanol–water partition coefficient (Wildman–Crippen LogP) is 0.374. The normalized spacial score (nSPS) is 25.2. The highest BCUT2D eigenvalue weighted by molar-refractivity contribution is 4.93. The van der Waals surface area contributed by atoms with Crippen LogP contribution in [0, 0.1) is 12.8 Å². The van der Waals surface area contributed by atoms with E-state index in [1.54, 1.807) is 0 Å². The van der Waals surface area contributed by atoms with Crippen molar-refractivity contribution in [1.82, 2.24) is 20.1 Å². The number of aliphatic hydroxyl groups excluding tert-OH is 1. The van der Waals surface area contributed by atoms with E-state index in [-0.39, 0.29) is 6.61 Å². The molecular formula is C11H20N4O. The molecule has 0 spiro atoms. The molecule has 16 heavy (non-hydrogen) atoms. The summed E-state index contributed by atoms with van der Waals surface area (Å²) in [5, 5.41) is 20.8. The molecule has 1 saturated carbocycles. The van der Waals surface area contributed by atoms with Gasteiger partial charge in [-0.3, -0.25) is 0 Å². The average Bonchev–Trinajstić information content (AvgIpc) is 2.86. The van der Waals surface area contributed by atoms with Gasteiger partial charge in [0.15, 0.2) is 0 Å². The van der Waals surface area contributed by atoms with Crippen LogP contribution >= 0.6 is 0 Å². The van der Waals surface area contributed by atoms with Crippen molar-refractivity contribution in [2.75, 3.05) is 6.61 Å². The number of aryl methyl sites for hydroxylation is 1. The summed E-state index contributed by atoms with van der Waals surface area (Å²) in [4.78, 5) is 0. The van der Waals surface area contributed by atoms with E-state index >= 15 is 0 Å². The Hall–Kier alpha value is -0.940. The Bertz CT molecular complexity index is 350. The minimum Gasteiger partial charge on any atom is -0.396 e. The third kappa shape index (κ3) is 2.25. The Labute approximate surface area is 95.9 Å². The van der Waals surface area contributed by atoms with Crippen LogP contribution in [-0.2, 0) is 13.6 Å². The molecule has 2 rings (SSSR count). The molecule has 2 atom stereocenters. The summed E-state index contributed by atoms with van der Waals surface area (Å²) >= 11 is 0. The lowest BCUT2D eigenvalue weighted by molar-refractivity contribution is 0.204. The molecule has 1 aromatic heterocycles. The first kappa shape index (κ1) is 11.5. The summed E-state index contributed by atoms with van der Waals surface area (Å²) in [6.45, 7) is 2.97. The summed E-state index contributed by atoms with van der Waals surface area (Å²) in [5.74, 6) is 2.30. The third-order valence-corrected chi connectivity index (χ3v) is 3.60. The molecule has 2 N–H and O–H groups in total. The second-order valence-electron chi connectivity index (χ2n) is 4.58. The lowest BCUT2D eigenvalue weighted by atomic mass is 10.1. The maximum atomic E-state index is 9.22. The van der Waals surface area contributed by atoms with Gasteiger partial charge in [-0.15, -0.1) is 10.2 Å². The van der Waals surface area contributed by atoms with E-state index in [0.29, 0.717) is 12.0 Å². The zero-order valence-electron chi connectivity index (χ0n) is 9.98. The molecular weight excluding hydrogens is 204 g/mol. The van der Waals surface area contributed by atoms with Gasteiger partial charge in [-0.25, -0.2) is 0 Å². The molecule has 1 aromatic rings. The fourth-order valence-electron chi connectivity index (χ4n) is 2.35. The van der Waals surface area contributed by atoms with Crippen molar-refractivity contribution in [3.63, 3.8) is 0 Å². The summed E-state index contributed by atoms with van der Waals surface area (Å²) in [6, 6.07) is 0.432. The molecule has 0 radical (unpaired) electrons. The fourth-order valence-corrected chi connectivity index (χ4v) is 2.35. The largest absolute Gasteiger partial charge is 0.396 e. The van der Waals surface area contributed by atoms with Crippen molar-refractivity contribution >= 4 is 0 Å². The summed E-state index contributed by atoms with van der Waals surface area (Å²) in [6.07, 6.45) is 3.49. The van der Waals surface area contributed by atoms with E-state index in [9.17, 15) is 5.11 Å². The average molecular weight is 224 g/mol. The molecule has 5 heteroatoms. The molecule has 0 aromatic carbocycles. The SMILES string of the molecule is Cc1nnc(CNC2CCCC2CO)n1C. The number of aromatic nitrogens is 3. The smallest absolute Gasteiger partial charge is 0.146 e. The Morgan fingerprint density at radius 3 is 2.88 bits per heavy atom. The molecule has 1 fully saturated rings. The number of rotatable bonds is 4. The lowest BCUT2D eigenvalue weighted by Gasteiger charge is -2.18. The molecule has 0 saturated heterocycles. The second-order valence-corrected chi connectivity index (χ2v) is 4.58. The molecule has 5 nitrogen and oxygen atoms in total. The molecule has 0 amide bonds. The predicted molar refractivity (Wildman–Crippen MR) is 60.8 cm³/mol. The number of nitrogens with one attached hydrogen (secondary N) is 1. The number of hydrogen-bond donors (Lipinski definition) is 2. The summed E-state index contributed by atoms with van der Waals surface area (Å²) in [5.41, 5.74) is 0. The Balaban J connectivity index is 1.89. The minimum atomic E-state index is 0.287. The highest BCUT2D eigenvalue weighted by atomic mass is 16.3. The Morgan fingerprint density at radius 1 is 1.44 bits per heavy atom. The van der Waals surface area contributed by atoms with Gasteiger partial charge < -0.3 is 15.0 Å². The van der Waals surface area contributed by atoms with Crippen molar-refractivity contribution in [2.24, 2.45) is 13.0 Å². The van der Waals surface area contributed by atoms with Gasteiger partial charge in [-0.1, -0.05) is 6.42 Å². The highest BCUT2D eigenvalue weighted by Crippen LogP contribution is 2.25. The van der Waals surface area contributed by atoms with Crippen LogP contribution < -0.4 is 5.32 Å². The van der Waals surface area contributed by atoms with Gasteiger partial charge >= 0.3 is 0 Å². The Kier molecular flexibility index (Phi) is 3.56. The van der Waals surface area contributed by atoms with Crippen LogP contribution in [0.1, 0.15) is 30.9 Å². The summed E-state index contributed by atoms with van der Waals surface area (Å²) in [7, 11) is 1.98. The molecule has 0 bridgehead atoms. The maximum absolute atomic E-state index is 9.22. The number of nitrogens with zero attached hydrogens (tertiary/aromatic N) is 3. The van der Waals surface area contributed by atoms with Crippen molar-refractivity contribution in [1.29, 1.82) is 0 Å². The van der Waals surface area contributed by atoms with Crippen molar-refractivity contribution < 1.29 is 5.11 Å². The number of hydrogen-bond acceptors (Lipinski definition) is 4. The molecule has 0 aliphatic heterocycles. The van der Waals surface area contributed by atoms with Crippen LogP contribution in [0.25, 0.3) is 0 Å². The van der Waals surface area contributed by atoms with Gasteiger partial charge in [0.2, 0.25) is 0 Å². The zero-order valence-corrected chi connectivity index (χ0v) is 9.98. The van der Waals surface area contributed by atoms with Crippen LogP contribution in [0.5, 0.6) is 0 Å². The van der Waals surface area contributed by atoms with E-state index in [2.05, 4.69) is 15.5 Å². The van der Waals surface area contributed by atoms with Crippen molar-refractivity contribution in [3.8, 4) is 0 Å². The van der Waals surface area contributed by atoms with E-state index in [1.165, 1.54) is 6.42 Å². The lowest BCUT2D eigenvalue weighted by Crippen LogP contribution is -2.34. The van der Waals surface area contributed by atoms with Gasteiger partial charge in [0.1, 0.15) is 11.6 Å². The monoisotopic (exact) mass is 224 g/mol. The standard InChI is InChI=1S/C11H20N4O/c1-8-13-14-11(15(8)2)6-12-10-5-3-4-9(10)7-16/h9-10,12,16H,3-7H2,1-2H3. The van der Waals surface area contributed by atoms with E-state index < -0.39 is 0 Å². The first-order chi connectivity index (χ1) is 7.72. The second kappa shape index (κ2) is 4.93. The molecule has 1 heterocycles.